The standard InChI is InChI=1S/C14H13NO3S/c1-15-13(16)12(19-14(15)17)8-9-4-5-11-10(7-9)3-2-6-18-11/h4-5,7-8H,2-3,6H2,1H3/b12-8+. The highest BCUT2D eigenvalue weighted by molar-refractivity contribution is 8.18. The first-order chi connectivity index (χ1) is 9.15. The number of benzene rings is 1. The number of likely N-dealkylation sites (N-methyl/N-ethyl adjacent to an activating group) is 1. The van der Waals surface area contributed by atoms with E-state index in [1.54, 1.807) is 6.08 Å². The molecule has 3 rings (SSSR count). The summed E-state index contributed by atoms with van der Waals surface area (Å²) in [6.07, 6.45) is 3.78. The van der Waals surface area contributed by atoms with Crippen LogP contribution in [0, 0.1) is 0 Å². The third-order valence-electron chi connectivity index (χ3n) is 3.22. The molecule has 0 aliphatic carbocycles. The van der Waals surface area contributed by atoms with E-state index in [-0.39, 0.29) is 11.1 Å². The highest BCUT2D eigenvalue weighted by Gasteiger charge is 2.31. The van der Waals surface area contributed by atoms with Gasteiger partial charge in [-0.05, 0) is 53.9 Å². The molecule has 0 unspecified atom stereocenters. The number of carbonyl (C=O) groups is 2. The van der Waals surface area contributed by atoms with Crippen molar-refractivity contribution in [2.24, 2.45) is 0 Å². The number of carbonyl (C=O) groups excluding carboxylic acids is 2. The smallest absolute Gasteiger partial charge is 0.293 e. The van der Waals surface area contributed by atoms with E-state index < -0.39 is 0 Å². The Hall–Kier alpha value is -1.75. The first kappa shape index (κ1) is 12.3. The van der Waals surface area contributed by atoms with Gasteiger partial charge in [0, 0.05) is 7.05 Å². The molecule has 1 saturated heterocycles. The molecular formula is C14H13NO3S. The molecule has 98 valence electrons. The lowest BCUT2D eigenvalue weighted by Gasteiger charge is -2.17. The van der Waals surface area contributed by atoms with E-state index in [0.717, 1.165) is 53.0 Å². The predicted octanol–water partition coefficient (Wildman–Crippen LogP) is 2.68. The lowest BCUT2D eigenvalue weighted by molar-refractivity contribution is -0.121. The Balaban J connectivity index is 1.91. The van der Waals surface area contributed by atoms with Crippen LogP contribution in [-0.2, 0) is 11.2 Å². The van der Waals surface area contributed by atoms with Gasteiger partial charge in [0.05, 0.1) is 11.5 Å². The van der Waals surface area contributed by atoms with Crippen LogP contribution < -0.4 is 4.74 Å². The van der Waals surface area contributed by atoms with Crippen molar-refractivity contribution in [3.05, 3.63) is 34.2 Å². The Kier molecular flexibility index (Phi) is 3.06. The third kappa shape index (κ3) is 2.26. The highest BCUT2D eigenvalue weighted by atomic mass is 32.2. The number of rotatable bonds is 1. The molecule has 0 N–H and O–H groups in total. The molecule has 0 radical (unpaired) electrons. The summed E-state index contributed by atoms with van der Waals surface area (Å²) >= 11 is 0.981. The molecule has 5 heteroatoms. The van der Waals surface area contributed by atoms with Crippen LogP contribution in [-0.4, -0.2) is 29.7 Å². The van der Waals surface area contributed by atoms with Gasteiger partial charge in [0.25, 0.3) is 11.1 Å². The second-order valence-corrected chi connectivity index (χ2v) is 5.55. The van der Waals surface area contributed by atoms with E-state index >= 15 is 0 Å². The summed E-state index contributed by atoms with van der Waals surface area (Å²) in [6.45, 7) is 0.765. The second kappa shape index (κ2) is 4.74. The minimum absolute atomic E-state index is 0.224. The van der Waals surface area contributed by atoms with Crippen molar-refractivity contribution in [3.8, 4) is 5.75 Å². The van der Waals surface area contributed by atoms with Crippen LogP contribution in [0.5, 0.6) is 5.75 Å². The molecule has 1 aromatic carbocycles. The molecule has 4 nitrogen and oxygen atoms in total. The lowest BCUT2D eigenvalue weighted by atomic mass is 10.0. The Morgan fingerprint density at radius 1 is 1.37 bits per heavy atom. The minimum Gasteiger partial charge on any atom is -0.493 e. The molecule has 1 aromatic rings. The molecule has 2 aliphatic rings. The summed E-state index contributed by atoms with van der Waals surface area (Å²) < 4.78 is 5.55. The van der Waals surface area contributed by atoms with Gasteiger partial charge in [-0.2, -0.15) is 0 Å². The molecule has 0 spiro atoms. The van der Waals surface area contributed by atoms with Crippen LogP contribution in [0.1, 0.15) is 17.5 Å². The van der Waals surface area contributed by atoms with Crippen molar-refractivity contribution in [1.82, 2.24) is 4.90 Å². The Labute approximate surface area is 115 Å². The SMILES string of the molecule is CN1C(=O)S/C(=C/c2ccc3c(c2)CCCO3)C1=O. The second-order valence-electron chi connectivity index (χ2n) is 4.56. The molecule has 0 aromatic heterocycles. The van der Waals surface area contributed by atoms with Gasteiger partial charge in [-0.3, -0.25) is 14.5 Å². The Morgan fingerprint density at radius 2 is 2.21 bits per heavy atom. The van der Waals surface area contributed by atoms with Crippen LogP contribution in [0.25, 0.3) is 6.08 Å². The van der Waals surface area contributed by atoms with E-state index in [1.165, 1.54) is 7.05 Å². The molecular weight excluding hydrogens is 262 g/mol. The largest absolute Gasteiger partial charge is 0.493 e. The number of aryl methyl sites for hydroxylation is 1. The zero-order valence-electron chi connectivity index (χ0n) is 10.5. The fraction of sp³-hybridized carbons (Fsp3) is 0.286. The van der Waals surface area contributed by atoms with E-state index in [0.29, 0.717) is 4.91 Å². The van der Waals surface area contributed by atoms with E-state index in [9.17, 15) is 9.59 Å². The third-order valence-corrected chi connectivity index (χ3v) is 4.18. The van der Waals surface area contributed by atoms with Gasteiger partial charge in [-0.15, -0.1) is 0 Å². The summed E-state index contributed by atoms with van der Waals surface area (Å²) in [4.78, 5) is 24.8. The molecule has 0 saturated carbocycles. The maximum Gasteiger partial charge on any atom is 0.293 e. The van der Waals surface area contributed by atoms with Crippen LogP contribution in [0.3, 0.4) is 0 Å². The summed E-state index contributed by atoms with van der Waals surface area (Å²) in [5, 5.41) is -0.224. The average molecular weight is 275 g/mol. The summed E-state index contributed by atoms with van der Waals surface area (Å²) in [6, 6.07) is 5.86. The van der Waals surface area contributed by atoms with E-state index in [4.69, 9.17) is 4.74 Å². The number of hydrogen-bond acceptors (Lipinski definition) is 4. The number of nitrogens with zero attached hydrogens (tertiary/aromatic N) is 1. The van der Waals surface area contributed by atoms with Crippen molar-refractivity contribution in [2.75, 3.05) is 13.7 Å². The molecule has 2 amide bonds. The summed E-state index contributed by atoms with van der Waals surface area (Å²) in [5.41, 5.74) is 2.10. The van der Waals surface area contributed by atoms with Gasteiger partial charge in [0.15, 0.2) is 0 Å². The fourth-order valence-electron chi connectivity index (χ4n) is 2.17. The molecule has 0 atom stereocenters. The summed E-state index contributed by atoms with van der Waals surface area (Å²) in [5.74, 6) is 0.691. The van der Waals surface area contributed by atoms with E-state index in [1.807, 2.05) is 18.2 Å². The normalized spacial score (nSPS) is 20.7. The number of hydrogen-bond donors (Lipinski definition) is 0. The van der Waals surface area contributed by atoms with E-state index in [2.05, 4.69) is 0 Å². The monoisotopic (exact) mass is 275 g/mol. The Bertz CT molecular complexity index is 594. The first-order valence-electron chi connectivity index (χ1n) is 6.12. The van der Waals surface area contributed by atoms with Crippen molar-refractivity contribution in [1.29, 1.82) is 0 Å². The average Bonchev–Trinajstić information content (AvgIpc) is 2.66. The lowest BCUT2D eigenvalue weighted by Crippen LogP contribution is -2.22. The van der Waals surface area contributed by atoms with Gasteiger partial charge >= 0.3 is 0 Å². The fourth-order valence-corrected chi connectivity index (χ4v) is 2.99. The zero-order valence-corrected chi connectivity index (χ0v) is 11.3. The molecule has 2 aliphatic heterocycles. The number of imide groups is 1. The van der Waals surface area contributed by atoms with Crippen molar-refractivity contribution < 1.29 is 14.3 Å². The molecule has 19 heavy (non-hydrogen) atoms. The topological polar surface area (TPSA) is 46.6 Å². The molecule has 1 fully saturated rings. The molecule has 0 bridgehead atoms. The van der Waals surface area contributed by atoms with Gasteiger partial charge < -0.3 is 4.74 Å². The quantitative estimate of drug-likeness (QED) is 0.739. The number of thioether (sulfide) groups is 1. The zero-order chi connectivity index (χ0) is 13.4. The van der Waals surface area contributed by atoms with Crippen molar-refractivity contribution in [2.45, 2.75) is 12.8 Å². The van der Waals surface area contributed by atoms with Gasteiger partial charge in [0.1, 0.15) is 5.75 Å². The van der Waals surface area contributed by atoms with Crippen molar-refractivity contribution >= 4 is 29.0 Å². The van der Waals surface area contributed by atoms with Crippen LogP contribution in [0.15, 0.2) is 23.1 Å². The molecule has 2 heterocycles. The van der Waals surface area contributed by atoms with Gasteiger partial charge in [-0.25, -0.2) is 0 Å². The predicted molar refractivity (Wildman–Crippen MR) is 74.0 cm³/mol. The summed E-state index contributed by atoms with van der Waals surface area (Å²) in [7, 11) is 1.50. The van der Waals surface area contributed by atoms with Crippen LogP contribution in [0.4, 0.5) is 4.79 Å². The van der Waals surface area contributed by atoms with Gasteiger partial charge in [0.2, 0.25) is 0 Å². The number of amides is 2. The highest BCUT2D eigenvalue weighted by Crippen LogP contribution is 2.32. The number of ether oxygens (including phenoxy) is 1. The number of fused-ring (bicyclic) bond motifs is 1. The van der Waals surface area contributed by atoms with Crippen molar-refractivity contribution in [3.63, 3.8) is 0 Å². The first-order valence-corrected chi connectivity index (χ1v) is 6.94. The minimum atomic E-state index is -0.232. The van der Waals surface area contributed by atoms with Crippen LogP contribution in [0.2, 0.25) is 0 Å². The Morgan fingerprint density at radius 3 is 2.95 bits per heavy atom. The maximum absolute atomic E-state index is 11.8. The maximum atomic E-state index is 11.8. The van der Waals surface area contributed by atoms with Crippen LogP contribution >= 0.6 is 11.8 Å². The van der Waals surface area contributed by atoms with Gasteiger partial charge in [-0.1, -0.05) is 6.07 Å².